The summed E-state index contributed by atoms with van der Waals surface area (Å²) >= 11 is 0. The zero-order valence-electron chi connectivity index (χ0n) is 12.6. The molecule has 0 unspecified atom stereocenters. The lowest BCUT2D eigenvalue weighted by Gasteiger charge is -2.04. The highest BCUT2D eigenvalue weighted by Gasteiger charge is 2.04. The van der Waals surface area contributed by atoms with Crippen molar-refractivity contribution in [3.05, 3.63) is 47.7 Å². The van der Waals surface area contributed by atoms with Crippen LogP contribution in [-0.2, 0) is 16.0 Å². The Kier molecular flexibility index (Phi) is 5.50. The number of fused-ring (bicyclic) bond motifs is 1. The second-order valence-electron chi connectivity index (χ2n) is 4.91. The van der Waals surface area contributed by atoms with Gasteiger partial charge in [0.25, 0.3) is 0 Å². The van der Waals surface area contributed by atoms with Gasteiger partial charge in [0.2, 0.25) is 0 Å². The standard InChI is InChI=1S/C18H21NO2/c1-3-5-6-14-7-9-16-11-15(13-19-17(16)12-14)8-10-18(20)21-4-2/h5-7,9,11-13H,3-4,8,10H2,1-2H3/b6-5+. The summed E-state index contributed by atoms with van der Waals surface area (Å²) in [4.78, 5) is 15.9. The molecule has 0 atom stereocenters. The monoisotopic (exact) mass is 283 g/mol. The summed E-state index contributed by atoms with van der Waals surface area (Å²) in [7, 11) is 0. The van der Waals surface area contributed by atoms with Crippen molar-refractivity contribution in [3.63, 3.8) is 0 Å². The topological polar surface area (TPSA) is 39.2 Å². The number of benzene rings is 1. The van der Waals surface area contributed by atoms with Crippen LogP contribution >= 0.6 is 0 Å². The van der Waals surface area contributed by atoms with Gasteiger partial charge in [0, 0.05) is 18.0 Å². The fourth-order valence-corrected chi connectivity index (χ4v) is 2.16. The summed E-state index contributed by atoms with van der Waals surface area (Å²) in [6.45, 7) is 4.37. The van der Waals surface area contributed by atoms with Crippen molar-refractivity contribution in [1.82, 2.24) is 4.98 Å². The molecule has 0 amide bonds. The Morgan fingerprint density at radius 3 is 2.90 bits per heavy atom. The van der Waals surface area contributed by atoms with Crippen molar-refractivity contribution in [2.75, 3.05) is 6.61 Å². The molecular weight excluding hydrogens is 262 g/mol. The van der Waals surface area contributed by atoms with Gasteiger partial charge in [-0.25, -0.2) is 0 Å². The van der Waals surface area contributed by atoms with E-state index in [1.54, 1.807) is 0 Å². The number of allylic oxidation sites excluding steroid dienone is 1. The van der Waals surface area contributed by atoms with Gasteiger partial charge in [-0.3, -0.25) is 9.78 Å². The SMILES string of the molecule is CC/C=C/c1ccc2cc(CCC(=O)OCC)cnc2c1. The number of carbonyl (C=O) groups excluding carboxylic acids is 1. The van der Waals surface area contributed by atoms with Gasteiger partial charge in [0.15, 0.2) is 0 Å². The second-order valence-corrected chi connectivity index (χ2v) is 4.91. The van der Waals surface area contributed by atoms with Crippen LogP contribution in [0.4, 0.5) is 0 Å². The van der Waals surface area contributed by atoms with Crippen LogP contribution in [0.25, 0.3) is 17.0 Å². The van der Waals surface area contributed by atoms with Gasteiger partial charge in [-0.2, -0.15) is 0 Å². The number of esters is 1. The molecule has 21 heavy (non-hydrogen) atoms. The number of hydrogen-bond acceptors (Lipinski definition) is 3. The molecule has 0 saturated heterocycles. The van der Waals surface area contributed by atoms with E-state index in [4.69, 9.17) is 4.74 Å². The first-order valence-corrected chi connectivity index (χ1v) is 7.43. The highest BCUT2D eigenvalue weighted by atomic mass is 16.5. The molecule has 3 heteroatoms. The Morgan fingerprint density at radius 1 is 1.29 bits per heavy atom. The van der Waals surface area contributed by atoms with E-state index in [0.717, 1.165) is 28.5 Å². The minimum Gasteiger partial charge on any atom is -0.466 e. The number of aryl methyl sites for hydroxylation is 1. The molecule has 0 aliphatic carbocycles. The minimum absolute atomic E-state index is 0.155. The maximum atomic E-state index is 11.4. The molecule has 0 spiro atoms. The summed E-state index contributed by atoms with van der Waals surface area (Å²) in [6.07, 6.45) is 8.18. The zero-order valence-corrected chi connectivity index (χ0v) is 12.6. The van der Waals surface area contributed by atoms with Crippen LogP contribution in [-0.4, -0.2) is 17.6 Å². The first-order chi connectivity index (χ1) is 10.2. The molecular formula is C18H21NO2. The second kappa shape index (κ2) is 7.58. The van der Waals surface area contributed by atoms with Crippen molar-refractivity contribution in [3.8, 4) is 0 Å². The van der Waals surface area contributed by atoms with Crippen molar-refractivity contribution < 1.29 is 9.53 Å². The number of nitrogens with zero attached hydrogens (tertiary/aromatic N) is 1. The van der Waals surface area contributed by atoms with E-state index in [2.05, 4.69) is 48.3 Å². The van der Waals surface area contributed by atoms with Crippen LogP contribution in [0.3, 0.4) is 0 Å². The molecule has 3 nitrogen and oxygen atoms in total. The number of aromatic nitrogens is 1. The molecule has 1 aromatic heterocycles. The van der Waals surface area contributed by atoms with Gasteiger partial charge < -0.3 is 4.74 Å². The van der Waals surface area contributed by atoms with Gasteiger partial charge in [-0.05, 0) is 43.0 Å². The maximum Gasteiger partial charge on any atom is 0.306 e. The Labute approximate surface area is 125 Å². The van der Waals surface area contributed by atoms with E-state index >= 15 is 0 Å². The number of pyridine rings is 1. The van der Waals surface area contributed by atoms with Crippen LogP contribution in [0.5, 0.6) is 0 Å². The fourth-order valence-electron chi connectivity index (χ4n) is 2.16. The Bertz CT molecular complexity index is 647. The van der Waals surface area contributed by atoms with E-state index < -0.39 is 0 Å². The lowest BCUT2D eigenvalue weighted by molar-refractivity contribution is -0.143. The summed E-state index contributed by atoms with van der Waals surface area (Å²) in [5.74, 6) is -0.155. The van der Waals surface area contributed by atoms with E-state index in [-0.39, 0.29) is 5.97 Å². The lowest BCUT2D eigenvalue weighted by Crippen LogP contribution is -2.05. The maximum absolute atomic E-state index is 11.4. The van der Waals surface area contributed by atoms with Gasteiger partial charge >= 0.3 is 5.97 Å². The van der Waals surface area contributed by atoms with E-state index in [0.29, 0.717) is 19.4 Å². The molecule has 0 aliphatic heterocycles. The van der Waals surface area contributed by atoms with Crippen molar-refractivity contribution >= 4 is 22.9 Å². The van der Waals surface area contributed by atoms with Gasteiger partial charge in [0.1, 0.15) is 0 Å². The van der Waals surface area contributed by atoms with E-state index in [1.165, 1.54) is 0 Å². The predicted octanol–water partition coefficient (Wildman–Crippen LogP) is 4.15. The summed E-state index contributed by atoms with van der Waals surface area (Å²) in [5.41, 5.74) is 3.21. The minimum atomic E-state index is -0.155. The summed E-state index contributed by atoms with van der Waals surface area (Å²) in [6, 6.07) is 8.34. The molecule has 2 rings (SSSR count). The van der Waals surface area contributed by atoms with Crippen LogP contribution in [0.15, 0.2) is 36.5 Å². The predicted molar refractivity (Wildman–Crippen MR) is 86.0 cm³/mol. The van der Waals surface area contributed by atoms with Crippen molar-refractivity contribution in [1.29, 1.82) is 0 Å². The van der Waals surface area contributed by atoms with Crippen LogP contribution in [0, 0.1) is 0 Å². The molecule has 0 bridgehead atoms. The third-order valence-corrected chi connectivity index (χ3v) is 3.23. The zero-order chi connectivity index (χ0) is 15.1. The Hall–Kier alpha value is -2.16. The molecule has 2 aromatic rings. The van der Waals surface area contributed by atoms with Gasteiger partial charge in [-0.1, -0.05) is 31.2 Å². The average Bonchev–Trinajstić information content (AvgIpc) is 2.51. The molecule has 0 saturated carbocycles. The summed E-state index contributed by atoms with van der Waals surface area (Å²) in [5, 5.41) is 1.10. The van der Waals surface area contributed by atoms with E-state index in [1.807, 2.05) is 13.1 Å². The van der Waals surface area contributed by atoms with Gasteiger partial charge in [0.05, 0.1) is 12.1 Å². The Balaban J connectivity index is 2.11. The van der Waals surface area contributed by atoms with Crippen LogP contribution < -0.4 is 0 Å². The van der Waals surface area contributed by atoms with Crippen molar-refractivity contribution in [2.45, 2.75) is 33.1 Å². The number of hydrogen-bond donors (Lipinski definition) is 0. The highest BCUT2D eigenvalue weighted by Crippen LogP contribution is 2.17. The third-order valence-electron chi connectivity index (χ3n) is 3.23. The fraction of sp³-hybridized carbons (Fsp3) is 0.333. The Morgan fingerprint density at radius 2 is 2.14 bits per heavy atom. The lowest BCUT2D eigenvalue weighted by atomic mass is 10.1. The van der Waals surface area contributed by atoms with Crippen LogP contribution in [0.1, 0.15) is 37.8 Å². The number of ether oxygens (including phenoxy) is 1. The number of carbonyl (C=O) groups is 1. The molecule has 1 heterocycles. The number of rotatable bonds is 6. The summed E-state index contributed by atoms with van der Waals surface area (Å²) < 4.78 is 4.94. The van der Waals surface area contributed by atoms with Crippen LogP contribution in [0.2, 0.25) is 0 Å². The highest BCUT2D eigenvalue weighted by molar-refractivity contribution is 5.81. The van der Waals surface area contributed by atoms with Crippen molar-refractivity contribution in [2.24, 2.45) is 0 Å². The van der Waals surface area contributed by atoms with E-state index in [9.17, 15) is 4.79 Å². The average molecular weight is 283 g/mol. The normalized spacial score (nSPS) is 11.1. The third kappa shape index (κ3) is 4.42. The first-order valence-electron chi connectivity index (χ1n) is 7.43. The molecule has 0 N–H and O–H groups in total. The molecule has 0 fully saturated rings. The largest absolute Gasteiger partial charge is 0.466 e. The molecule has 0 radical (unpaired) electrons. The molecule has 1 aromatic carbocycles. The van der Waals surface area contributed by atoms with Gasteiger partial charge in [-0.15, -0.1) is 0 Å². The molecule has 0 aliphatic rings. The molecule has 110 valence electrons. The smallest absolute Gasteiger partial charge is 0.306 e. The quantitative estimate of drug-likeness (QED) is 0.747. The first kappa shape index (κ1) is 15.2.